The first-order valence-electron chi connectivity index (χ1n) is 14.1. The number of amides is 2. The van der Waals surface area contributed by atoms with Gasteiger partial charge in [0, 0.05) is 19.5 Å². The highest BCUT2D eigenvalue weighted by molar-refractivity contribution is 7.92. The Hall–Kier alpha value is -4.50. The van der Waals surface area contributed by atoms with Crippen LogP contribution in [0.1, 0.15) is 25.0 Å². The molecule has 1 atom stereocenters. The van der Waals surface area contributed by atoms with Gasteiger partial charge in [-0.1, -0.05) is 92.7 Å². The Morgan fingerprint density at radius 1 is 0.767 bits per heavy atom. The summed E-state index contributed by atoms with van der Waals surface area (Å²) < 4.78 is 42.6. The molecule has 9 heteroatoms. The molecule has 43 heavy (non-hydrogen) atoms. The number of nitrogens with one attached hydrogen (secondary N) is 1. The van der Waals surface area contributed by atoms with Crippen LogP contribution in [-0.4, -0.2) is 44.3 Å². The van der Waals surface area contributed by atoms with Crippen molar-refractivity contribution in [1.82, 2.24) is 10.2 Å². The van der Waals surface area contributed by atoms with E-state index in [4.69, 9.17) is 0 Å². The van der Waals surface area contributed by atoms with Crippen molar-refractivity contribution < 1.29 is 22.4 Å². The molecule has 0 aromatic heterocycles. The van der Waals surface area contributed by atoms with Crippen molar-refractivity contribution in [2.24, 2.45) is 5.92 Å². The van der Waals surface area contributed by atoms with E-state index >= 15 is 0 Å². The van der Waals surface area contributed by atoms with Crippen LogP contribution in [0.5, 0.6) is 0 Å². The first kappa shape index (κ1) is 31.4. The molecule has 0 saturated carbocycles. The molecule has 4 rings (SSSR count). The monoisotopic (exact) mass is 601 g/mol. The fourth-order valence-corrected chi connectivity index (χ4v) is 6.05. The van der Waals surface area contributed by atoms with Crippen LogP contribution >= 0.6 is 0 Å². The van der Waals surface area contributed by atoms with Crippen molar-refractivity contribution in [3.05, 3.63) is 132 Å². The van der Waals surface area contributed by atoms with Crippen molar-refractivity contribution in [3.63, 3.8) is 0 Å². The molecule has 4 aromatic carbocycles. The fourth-order valence-electron chi connectivity index (χ4n) is 4.61. The molecule has 0 radical (unpaired) electrons. The van der Waals surface area contributed by atoms with Crippen LogP contribution in [0.2, 0.25) is 0 Å². The summed E-state index contributed by atoms with van der Waals surface area (Å²) in [6, 6.07) is 30.4. The molecular formula is C34H36FN3O4S. The zero-order valence-electron chi connectivity index (χ0n) is 24.3. The quantitative estimate of drug-likeness (QED) is 0.221. The van der Waals surface area contributed by atoms with E-state index in [1.165, 1.54) is 29.2 Å². The van der Waals surface area contributed by atoms with Crippen molar-refractivity contribution in [1.29, 1.82) is 0 Å². The predicted octanol–water partition coefficient (Wildman–Crippen LogP) is 5.43. The molecule has 0 aliphatic heterocycles. The van der Waals surface area contributed by atoms with Crippen molar-refractivity contribution >= 4 is 27.5 Å². The Morgan fingerprint density at radius 2 is 1.30 bits per heavy atom. The van der Waals surface area contributed by atoms with Crippen LogP contribution in [0.25, 0.3) is 0 Å². The van der Waals surface area contributed by atoms with Gasteiger partial charge in [-0.3, -0.25) is 13.9 Å². The minimum atomic E-state index is -4.23. The molecule has 7 nitrogen and oxygen atoms in total. The third-order valence-corrected chi connectivity index (χ3v) is 8.66. The number of carbonyl (C=O) groups is 2. The largest absolute Gasteiger partial charge is 0.354 e. The van der Waals surface area contributed by atoms with Crippen LogP contribution < -0.4 is 9.62 Å². The number of carbonyl (C=O) groups excluding carboxylic acids is 2. The first-order valence-corrected chi connectivity index (χ1v) is 15.6. The smallest absolute Gasteiger partial charge is 0.264 e. The molecule has 1 unspecified atom stereocenters. The average molecular weight is 602 g/mol. The lowest BCUT2D eigenvalue weighted by molar-refractivity contribution is -0.140. The summed E-state index contributed by atoms with van der Waals surface area (Å²) in [6.45, 7) is 3.86. The summed E-state index contributed by atoms with van der Waals surface area (Å²) >= 11 is 0. The molecule has 1 N–H and O–H groups in total. The second kappa shape index (κ2) is 14.6. The molecule has 0 spiro atoms. The van der Waals surface area contributed by atoms with Gasteiger partial charge in [-0.05, 0) is 53.4 Å². The third-order valence-electron chi connectivity index (χ3n) is 6.88. The van der Waals surface area contributed by atoms with Gasteiger partial charge < -0.3 is 10.2 Å². The molecule has 2 amide bonds. The number of nitrogens with zero attached hydrogens (tertiary/aromatic N) is 2. The number of rotatable bonds is 13. The van der Waals surface area contributed by atoms with Gasteiger partial charge in [0.05, 0.1) is 10.6 Å². The number of anilines is 1. The maximum absolute atomic E-state index is 14.3. The van der Waals surface area contributed by atoms with E-state index in [0.29, 0.717) is 6.54 Å². The molecular weight excluding hydrogens is 565 g/mol. The van der Waals surface area contributed by atoms with Crippen LogP contribution in [-0.2, 0) is 32.6 Å². The lowest BCUT2D eigenvalue weighted by atomic mass is 10.0. The Morgan fingerprint density at radius 3 is 1.86 bits per heavy atom. The highest BCUT2D eigenvalue weighted by Crippen LogP contribution is 2.25. The minimum absolute atomic E-state index is 0.0164. The van der Waals surface area contributed by atoms with Gasteiger partial charge in [0.25, 0.3) is 10.0 Å². The second-order valence-corrected chi connectivity index (χ2v) is 12.5. The predicted molar refractivity (Wildman–Crippen MR) is 166 cm³/mol. The van der Waals surface area contributed by atoms with Crippen molar-refractivity contribution in [2.45, 2.75) is 37.8 Å². The maximum Gasteiger partial charge on any atom is 0.264 e. The van der Waals surface area contributed by atoms with Crippen molar-refractivity contribution in [3.8, 4) is 0 Å². The van der Waals surface area contributed by atoms with E-state index in [0.717, 1.165) is 27.6 Å². The van der Waals surface area contributed by atoms with E-state index in [1.807, 2.05) is 74.5 Å². The Bertz CT molecular complexity index is 1580. The normalized spacial score (nSPS) is 12.0. The average Bonchev–Trinajstić information content (AvgIpc) is 3.02. The fraction of sp³-hybridized carbons (Fsp3) is 0.235. The number of sulfonamides is 1. The SMILES string of the molecule is CC(C)CNC(=O)C(Cc1ccccc1)N(Cc1ccccc1)C(=O)CN(c1ccc(F)cc1)S(=O)(=O)c1ccccc1. The second-order valence-electron chi connectivity index (χ2n) is 10.7. The van der Waals surface area contributed by atoms with E-state index in [2.05, 4.69) is 5.32 Å². The van der Waals surface area contributed by atoms with Crippen LogP contribution in [0, 0.1) is 11.7 Å². The van der Waals surface area contributed by atoms with Crippen LogP contribution in [0.3, 0.4) is 0 Å². The molecule has 0 fully saturated rings. The zero-order chi connectivity index (χ0) is 30.8. The Kier molecular flexibility index (Phi) is 10.7. The summed E-state index contributed by atoms with van der Waals surface area (Å²) in [5, 5.41) is 2.96. The molecule has 0 heterocycles. The van der Waals surface area contributed by atoms with Gasteiger partial charge in [-0.15, -0.1) is 0 Å². The third kappa shape index (κ3) is 8.51. The molecule has 224 valence electrons. The molecule has 4 aromatic rings. The molecule has 0 saturated heterocycles. The summed E-state index contributed by atoms with van der Waals surface area (Å²) in [7, 11) is -4.23. The van der Waals surface area contributed by atoms with Gasteiger partial charge in [-0.25, -0.2) is 12.8 Å². The van der Waals surface area contributed by atoms with Crippen molar-refractivity contribution in [2.75, 3.05) is 17.4 Å². The first-order chi connectivity index (χ1) is 20.6. The highest BCUT2D eigenvalue weighted by atomic mass is 32.2. The summed E-state index contributed by atoms with van der Waals surface area (Å²) in [6.07, 6.45) is 0.228. The summed E-state index contributed by atoms with van der Waals surface area (Å²) in [5.74, 6) is -1.26. The highest BCUT2D eigenvalue weighted by Gasteiger charge is 2.34. The van der Waals surface area contributed by atoms with E-state index < -0.39 is 34.3 Å². The zero-order valence-corrected chi connectivity index (χ0v) is 25.1. The summed E-state index contributed by atoms with van der Waals surface area (Å²) in [4.78, 5) is 29.5. The molecule has 0 aliphatic carbocycles. The molecule has 0 aliphatic rings. The van der Waals surface area contributed by atoms with E-state index in [1.54, 1.807) is 18.2 Å². The van der Waals surface area contributed by atoms with Gasteiger partial charge in [0.2, 0.25) is 11.8 Å². The summed E-state index contributed by atoms with van der Waals surface area (Å²) in [5.41, 5.74) is 1.76. The minimum Gasteiger partial charge on any atom is -0.354 e. The number of halogens is 1. The number of hydrogen-bond acceptors (Lipinski definition) is 4. The number of benzene rings is 4. The van der Waals surface area contributed by atoms with Gasteiger partial charge in [-0.2, -0.15) is 0 Å². The van der Waals surface area contributed by atoms with Crippen LogP contribution in [0.4, 0.5) is 10.1 Å². The lowest BCUT2D eigenvalue weighted by Gasteiger charge is -2.34. The van der Waals surface area contributed by atoms with Gasteiger partial charge in [0.15, 0.2) is 0 Å². The van der Waals surface area contributed by atoms with Crippen LogP contribution in [0.15, 0.2) is 120 Å². The van der Waals surface area contributed by atoms with E-state index in [-0.39, 0.29) is 35.4 Å². The standard InChI is InChI=1S/C34H36FN3O4S/c1-26(2)23-36-34(40)32(22-27-12-6-3-7-13-27)37(24-28-14-8-4-9-15-28)33(39)25-38(30-20-18-29(35)19-21-30)43(41,42)31-16-10-5-11-17-31/h3-21,26,32H,22-25H2,1-2H3,(H,36,40). The Labute approximate surface area is 253 Å². The topological polar surface area (TPSA) is 86.8 Å². The van der Waals surface area contributed by atoms with Gasteiger partial charge >= 0.3 is 0 Å². The molecule has 0 bridgehead atoms. The lowest BCUT2D eigenvalue weighted by Crippen LogP contribution is -2.53. The van der Waals surface area contributed by atoms with E-state index in [9.17, 15) is 22.4 Å². The number of hydrogen-bond donors (Lipinski definition) is 1. The maximum atomic E-state index is 14.3. The van der Waals surface area contributed by atoms with Gasteiger partial charge in [0.1, 0.15) is 18.4 Å². The Balaban J connectivity index is 1.77.